The molecule has 1 aromatic rings. The molecule has 1 heterocycles. The molecule has 1 fully saturated rings. The van der Waals surface area contributed by atoms with E-state index in [0.717, 1.165) is 32.4 Å². The lowest BCUT2D eigenvalue weighted by Crippen LogP contribution is -2.36. The number of carbonyl (C=O) groups is 1. The summed E-state index contributed by atoms with van der Waals surface area (Å²) in [5, 5.41) is 6.64. The number of hydrogen-bond donors (Lipinski definition) is 2. The maximum absolute atomic E-state index is 12.4. The number of carbonyl (C=O) groups excluding carboxylic acids is 1. The highest BCUT2D eigenvalue weighted by Gasteiger charge is 2.20. The maximum Gasteiger partial charge on any atom is 0.251 e. The topological polar surface area (TPSA) is 59.6 Å². The predicted octanol–water partition coefficient (Wildman–Crippen LogP) is 3.01. The monoisotopic (exact) mass is 340 g/mol. The van der Waals surface area contributed by atoms with E-state index in [1.807, 2.05) is 6.92 Å². The Kier molecular flexibility index (Phi) is 6.99. The number of unbranched alkanes of at least 4 members (excludes halogenated alkanes) is 1. The molecule has 0 aliphatic carbocycles. The van der Waals surface area contributed by atoms with E-state index in [2.05, 4.69) is 17.6 Å². The van der Waals surface area contributed by atoms with Crippen molar-refractivity contribution >= 4 is 17.5 Å². The molecule has 1 aromatic carbocycles. The number of hydrogen-bond acceptors (Lipinski definition) is 4. The van der Waals surface area contributed by atoms with E-state index in [-0.39, 0.29) is 11.9 Å². The Hall–Kier alpha value is -1.46. The number of rotatable bonds is 8. The summed E-state index contributed by atoms with van der Waals surface area (Å²) in [6.45, 7) is 6.78. The number of halogens is 1. The quantitative estimate of drug-likeness (QED) is 0.714. The van der Waals surface area contributed by atoms with Crippen molar-refractivity contribution in [2.24, 2.45) is 0 Å². The normalized spacial score (nSPS) is 17.1. The van der Waals surface area contributed by atoms with Crippen LogP contribution in [0.15, 0.2) is 12.1 Å². The van der Waals surface area contributed by atoms with Gasteiger partial charge in [-0.15, -0.1) is 0 Å². The minimum Gasteiger partial charge on any atom is -0.490 e. The van der Waals surface area contributed by atoms with Crippen LogP contribution in [0.25, 0.3) is 0 Å². The lowest BCUT2D eigenvalue weighted by atomic mass is 10.1. The van der Waals surface area contributed by atoms with Crippen LogP contribution in [0.1, 0.15) is 43.5 Å². The maximum atomic E-state index is 12.4. The Morgan fingerprint density at radius 3 is 2.87 bits per heavy atom. The molecule has 0 saturated carbocycles. The van der Waals surface area contributed by atoms with Crippen LogP contribution < -0.4 is 20.1 Å². The molecule has 1 unspecified atom stereocenters. The Bertz CT molecular complexity index is 531. The van der Waals surface area contributed by atoms with Gasteiger partial charge in [-0.3, -0.25) is 4.79 Å². The smallest absolute Gasteiger partial charge is 0.251 e. The van der Waals surface area contributed by atoms with E-state index in [1.165, 1.54) is 0 Å². The fourth-order valence-electron chi connectivity index (χ4n) is 2.47. The molecule has 1 aliphatic heterocycles. The minimum atomic E-state index is -0.137. The number of amides is 1. The zero-order valence-electron chi connectivity index (χ0n) is 13.8. The van der Waals surface area contributed by atoms with E-state index in [9.17, 15) is 4.79 Å². The molecule has 0 spiro atoms. The van der Waals surface area contributed by atoms with Gasteiger partial charge < -0.3 is 20.1 Å². The summed E-state index contributed by atoms with van der Waals surface area (Å²) < 4.78 is 11.3. The molecule has 1 atom stereocenters. The van der Waals surface area contributed by atoms with E-state index >= 15 is 0 Å². The molecular formula is C17H25ClN2O3. The summed E-state index contributed by atoms with van der Waals surface area (Å²) in [6, 6.07) is 3.51. The molecule has 1 saturated heterocycles. The van der Waals surface area contributed by atoms with Crippen molar-refractivity contribution in [2.75, 3.05) is 26.3 Å². The van der Waals surface area contributed by atoms with Crippen LogP contribution in [-0.4, -0.2) is 38.3 Å². The molecule has 6 heteroatoms. The average Bonchev–Trinajstić information content (AvgIpc) is 3.03. The lowest BCUT2D eigenvalue weighted by molar-refractivity contribution is 0.0939. The molecule has 1 amide bonds. The van der Waals surface area contributed by atoms with Crippen molar-refractivity contribution in [1.82, 2.24) is 10.6 Å². The first-order chi connectivity index (χ1) is 11.2. The summed E-state index contributed by atoms with van der Waals surface area (Å²) in [4.78, 5) is 12.4. The Balaban J connectivity index is 2.15. The number of benzene rings is 1. The molecular weight excluding hydrogens is 316 g/mol. The summed E-state index contributed by atoms with van der Waals surface area (Å²) in [7, 11) is 0. The minimum absolute atomic E-state index is 0.137. The highest BCUT2D eigenvalue weighted by molar-refractivity contribution is 6.32. The van der Waals surface area contributed by atoms with Crippen molar-refractivity contribution in [1.29, 1.82) is 0 Å². The van der Waals surface area contributed by atoms with Crippen LogP contribution in [0.4, 0.5) is 0 Å². The van der Waals surface area contributed by atoms with Gasteiger partial charge in [-0.1, -0.05) is 24.9 Å². The highest BCUT2D eigenvalue weighted by Crippen LogP contribution is 2.37. The lowest BCUT2D eigenvalue weighted by Gasteiger charge is -2.16. The first kappa shape index (κ1) is 17.9. The standard InChI is InChI=1S/C17H25ClN2O3/c1-3-5-8-23-16-14(18)9-12(10-15(16)22-4-2)17(21)20-13-6-7-19-11-13/h9-10,13,19H,3-8,11H2,1-2H3,(H,20,21). The van der Waals surface area contributed by atoms with Crippen molar-refractivity contribution in [3.63, 3.8) is 0 Å². The number of nitrogens with one attached hydrogen (secondary N) is 2. The molecule has 1 aliphatic rings. The SMILES string of the molecule is CCCCOc1c(Cl)cc(C(=O)NC2CCNC2)cc1OCC. The molecule has 0 bridgehead atoms. The van der Waals surface area contributed by atoms with Crippen molar-refractivity contribution in [3.8, 4) is 11.5 Å². The Labute approximate surface area is 142 Å². The van der Waals surface area contributed by atoms with Crippen molar-refractivity contribution in [2.45, 2.75) is 39.2 Å². The van der Waals surface area contributed by atoms with Crippen molar-refractivity contribution in [3.05, 3.63) is 22.7 Å². The zero-order chi connectivity index (χ0) is 16.7. The fourth-order valence-corrected chi connectivity index (χ4v) is 2.73. The van der Waals surface area contributed by atoms with Gasteiger partial charge in [-0.05, 0) is 38.4 Å². The number of ether oxygens (including phenoxy) is 2. The second kappa shape index (κ2) is 8.99. The van der Waals surface area contributed by atoms with Crippen molar-refractivity contribution < 1.29 is 14.3 Å². The van der Waals surface area contributed by atoms with Gasteiger partial charge in [0, 0.05) is 18.2 Å². The van der Waals surface area contributed by atoms with Gasteiger partial charge in [-0.25, -0.2) is 0 Å². The molecule has 128 valence electrons. The summed E-state index contributed by atoms with van der Waals surface area (Å²) in [5.74, 6) is 0.897. The van der Waals surface area contributed by atoms with Gasteiger partial charge in [-0.2, -0.15) is 0 Å². The van der Waals surface area contributed by atoms with E-state index < -0.39 is 0 Å². The first-order valence-electron chi connectivity index (χ1n) is 8.26. The third kappa shape index (κ3) is 5.01. The van der Waals surface area contributed by atoms with E-state index in [4.69, 9.17) is 21.1 Å². The third-order valence-corrected chi connectivity index (χ3v) is 3.99. The van der Waals surface area contributed by atoms with Gasteiger partial charge in [0.2, 0.25) is 0 Å². The fraction of sp³-hybridized carbons (Fsp3) is 0.588. The molecule has 5 nitrogen and oxygen atoms in total. The zero-order valence-corrected chi connectivity index (χ0v) is 14.5. The summed E-state index contributed by atoms with van der Waals surface area (Å²) in [5.41, 5.74) is 0.494. The first-order valence-corrected chi connectivity index (χ1v) is 8.64. The van der Waals surface area contributed by atoms with Gasteiger partial charge in [0.15, 0.2) is 11.5 Å². The van der Waals surface area contributed by atoms with Gasteiger partial charge in [0.25, 0.3) is 5.91 Å². The van der Waals surface area contributed by atoms with Crippen LogP contribution >= 0.6 is 11.6 Å². The van der Waals surface area contributed by atoms with Crippen LogP contribution in [0.2, 0.25) is 5.02 Å². The summed E-state index contributed by atoms with van der Waals surface area (Å²) >= 11 is 6.31. The van der Waals surface area contributed by atoms with Gasteiger partial charge in [0.1, 0.15) is 0 Å². The molecule has 2 rings (SSSR count). The second-order valence-corrected chi connectivity index (χ2v) is 5.99. The van der Waals surface area contributed by atoms with Gasteiger partial charge >= 0.3 is 0 Å². The summed E-state index contributed by atoms with van der Waals surface area (Å²) in [6.07, 6.45) is 2.92. The molecule has 0 radical (unpaired) electrons. The Morgan fingerprint density at radius 1 is 1.39 bits per heavy atom. The average molecular weight is 341 g/mol. The molecule has 23 heavy (non-hydrogen) atoms. The second-order valence-electron chi connectivity index (χ2n) is 5.58. The van der Waals surface area contributed by atoms with E-state index in [0.29, 0.717) is 35.3 Å². The van der Waals surface area contributed by atoms with Crippen LogP contribution in [0.5, 0.6) is 11.5 Å². The van der Waals surface area contributed by atoms with Crippen LogP contribution in [0, 0.1) is 0 Å². The van der Waals surface area contributed by atoms with E-state index in [1.54, 1.807) is 12.1 Å². The molecule has 2 N–H and O–H groups in total. The Morgan fingerprint density at radius 2 is 2.22 bits per heavy atom. The predicted molar refractivity (Wildman–Crippen MR) is 91.8 cm³/mol. The third-order valence-electron chi connectivity index (χ3n) is 3.71. The highest BCUT2D eigenvalue weighted by atomic mass is 35.5. The van der Waals surface area contributed by atoms with Crippen LogP contribution in [0.3, 0.4) is 0 Å². The largest absolute Gasteiger partial charge is 0.490 e. The van der Waals surface area contributed by atoms with Gasteiger partial charge in [0.05, 0.1) is 18.2 Å². The molecule has 0 aromatic heterocycles. The van der Waals surface area contributed by atoms with Crippen LogP contribution in [-0.2, 0) is 0 Å².